The van der Waals surface area contributed by atoms with Gasteiger partial charge in [-0.25, -0.2) is 4.79 Å². The quantitative estimate of drug-likeness (QED) is 0.862. The van der Waals surface area contributed by atoms with Gasteiger partial charge < -0.3 is 14.3 Å². The first-order valence-corrected chi connectivity index (χ1v) is 7.67. The summed E-state index contributed by atoms with van der Waals surface area (Å²) in [4.78, 5) is 11.4. The minimum atomic E-state index is -0.352. The lowest BCUT2D eigenvalue weighted by Crippen LogP contribution is -2.26. The van der Waals surface area contributed by atoms with E-state index >= 15 is 0 Å². The Labute approximate surface area is 120 Å². The zero-order valence-electron chi connectivity index (χ0n) is 11.2. The van der Waals surface area contributed by atoms with Crippen molar-refractivity contribution in [3.05, 3.63) is 40.2 Å². The predicted octanol–water partition coefficient (Wildman–Crippen LogP) is 2.69. The van der Waals surface area contributed by atoms with Crippen LogP contribution >= 0.6 is 11.8 Å². The summed E-state index contributed by atoms with van der Waals surface area (Å²) in [7, 11) is 0. The molecule has 0 bridgehead atoms. The standard InChI is InChI=1S/C15H16O4S/c1-9-6-14(17)19-13-8-11(2-3-12(9)13)18-15-7-10(16)4-5-20-15/h2-3,6,8,10,15-16H,4-5,7H2,1H3. The van der Waals surface area contributed by atoms with Crippen LogP contribution in [0.15, 0.2) is 33.5 Å². The van der Waals surface area contributed by atoms with Crippen LogP contribution in [-0.2, 0) is 0 Å². The number of benzene rings is 1. The Bertz CT molecular complexity index is 679. The molecule has 1 aliphatic heterocycles. The molecule has 1 N–H and O–H groups in total. The third kappa shape index (κ3) is 2.83. The molecule has 0 amide bonds. The van der Waals surface area contributed by atoms with E-state index in [-0.39, 0.29) is 17.2 Å². The molecule has 2 unspecified atom stereocenters. The number of hydrogen-bond acceptors (Lipinski definition) is 5. The van der Waals surface area contributed by atoms with Crippen molar-refractivity contribution in [2.75, 3.05) is 5.75 Å². The lowest BCUT2D eigenvalue weighted by molar-refractivity contribution is 0.120. The van der Waals surface area contributed by atoms with Crippen LogP contribution in [0.4, 0.5) is 0 Å². The Hall–Kier alpha value is -1.46. The normalized spacial score (nSPS) is 22.9. The fourth-order valence-corrected chi connectivity index (χ4v) is 3.56. The first kappa shape index (κ1) is 13.5. The average molecular weight is 292 g/mol. The molecule has 4 nitrogen and oxygen atoms in total. The number of ether oxygens (including phenoxy) is 1. The summed E-state index contributed by atoms with van der Waals surface area (Å²) in [5.74, 6) is 1.56. The molecule has 5 heteroatoms. The van der Waals surface area contributed by atoms with Crippen molar-refractivity contribution in [2.45, 2.75) is 31.3 Å². The molecule has 1 saturated heterocycles. The SMILES string of the molecule is Cc1cc(=O)oc2cc(OC3CC(O)CCS3)ccc12. The molecule has 2 atom stereocenters. The number of aliphatic hydroxyl groups excluding tert-OH is 1. The smallest absolute Gasteiger partial charge is 0.336 e. The molecule has 1 aliphatic rings. The maximum Gasteiger partial charge on any atom is 0.336 e. The van der Waals surface area contributed by atoms with E-state index in [0.717, 1.165) is 23.1 Å². The Balaban J connectivity index is 1.87. The number of thioether (sulfide) groups is 1. The van der Waals surface area contributed by atoms with Crippen LogP contribution in [0, 0.1) is 6.92 Å². The molecule has 0 aliphatic carbocycles. The van der Waals surface area contributed by atoms with E-state index in [2.05, 4.69) is 0 Å². The van der Waals surface area contributed by atoms with Crippen LogP contribution in [0.2, 0.25) is 0 Å². The molecule has 20 heavy (non-hydrogen) atoms. The summed E-state index contributed by atoms with van der Waals surface area (Å²) in [6.45, 7) is 1.88. The minimum absolute atomic E-state index is 0.0484. The molecule has 0 saturated carbocycles. The van der Waals surface area contributed by atoms with Gasteiger partial charge in [0.25, 0.3) is 0 Å². The lowest BCUT2D eigenvalue weighted by Gasteiger charge is -2.26. The van der Waals surface area contributed by atoms with Crippen LogP contribution < -0.4 is 10.4 Å². The number of fused-ring (bicyclic) bond motifs is 1. The highest BCUT2D eigenvalue weighted by atomic mass is 32.2. The van der Waals surface area contributed by atoms with Gasteiger partial charge in [-0.1, -0.05) is 0 Å². The minimum Gasteiger partial charge on any atom is -0.480 e. The Morgan fingerprint density at radius 1 is 1.40 bits per heavy atom. The highest BCUT2D eigenvalue weighted by Gasteiger charge is 2.22. The van der Waals surface area contributed by atoms with Crippen molar-refractivity contribution in [3.8, 4) is 5.75 Å². The van der Waals surface area contributed by atoms with Gasteiger partial charge in [0.2, 0.25) is 0 Å². The molecule has 0 radical (unpaired) electrons. The second-order valence-electron chi connectivity index (χ2n) is 5.00. The van der Waals surface area contributed by atoms with Crippen molar-refractivity contribution >= 4 is 22.7 Å². The van der Waals surface area contributed by atoms with Crippen LogP contribution in [0.5, 0.6) is 5.75 Å². The summed E-state index contributed by atoms with van der Waals surface area (Å²) in [6.07, 6.45) is 1.15. The van der Waals surface area contributed by atoms with Gasteiger partial charge >= 0.3 is 5.63 Å². The van der Waals surface area contributed by atoms with Crippen LogP contribution in [0.3, 0.4) is 0 Å². The zero-order valence-corrected chi connectivity index (χ0v) is 12.0. The number of aliphatic hydroxyl groups is 1. The molecule has 106 valence electrons. The molecule has 0 spiro atoms. The van der Waals surface area contributed by atoms with Crippen molar-refractivity contribution < 1.29 is 14.3 Å². The van der Waals surface area contributed by atoms with E-state index in [9.17, 15) is 9.90 Å². The van der Waals surface area contributed by atoms with E-state index in [1.165, 1.54) is 6.07 Å². The van der Waals surface area contributed by atoms with Gasteiger partial charge in [0.15, 0.2) is 0 Å². The van der Waals surface area contributed by atoms with Gasteiger partial charge in [-0.2, -0.15) is 0 Å². The highest BCUT2D eigenvalue weighted by molar-refractivity contribution is 7.99. The Kier molecular flexibility index (Phi) is 3.72. The molecule has 1 aromatic heterocycles. The summed E-state index contributed by atoms with van der Waals surface area (Å²) >= 11 is 1.70. The predicted molar refractivity (Wildman–Crippen MR) is 79.3 cm³/mol. The molecule has 2 aromatic rings. The number of aryl methyl sites for hydroxylation is 1. The van der Waals surface area contributed by atoms with E-state index < -0.39 is 0 Å². The third-order valence-corrected chi connectivity index (χ3v) is 4.54. The van der Waals surface area contributed by atoms with Crippen molar-refractivity contribution in [1.29, 1.82) is 0 Å². The van der Waals surface area contributed by atoms with E-state index in [1.54, 1.807) is 17.8 Å². The summed E-state index contributed by atoms with van der Waals surface area (Å²) in [6, 6.07) is 6.99. The van der Waals surface area contributed by atoms with Gasteiger partial charge in [0.05, 0.1) is 6.10 Å². The largest absolute Gasteiger partial charge is 0.480 e. The van der Waals surface area contributed by atoms with E-state index in [1.807, 2.05) is 19.1 Å². The van der Waals surface area contributed by atoms with Gasteiger partial charge in [-0.05, 0) is 36.8 Å². The van der Waals surface area contributed by atoms with Crippen LogP contribution in [0.1, 0.15) is 18.4 Å². The van der Waals surface area contributed by atoms with Crippen LogP contribution in [-0.4, -0.2) is 22.4 Å². The average Bonchev–Trinajstić information content (AvgIpc) is 2.38. The summed E-state index contributed by atoms with van der Waals surface area (Å²) in [5.41, 5.74) is 1.03. The third-order valence-electron chi connectivity index (χ3n) is 3.41. The first-order chi connectivity index (χ1) is 9.61. The van der Waals surface area contributed by atoms with Gasteiger partial charge in [-0.15, -0.1) is 11.8 Å². The topological polar surface area (TPSA) is 59.7 Å². The summed E-state index contributed by atoms with van der Waals surface area (Å²) < 4.78 is 11.1. The van der Waals surface area contributed by atoms with E-state index in [0.29, 0.717) is 17.8 Å². The molecule has 1 fully saturated rings. The fourth-order valence-electron chi connectivity index (χ4n) is 2.36. The highest BCUT2D eigenvalue weighted by Crippen LogP contribution is 2.30. The summed E-state index contributed by atoms with van der Waals surface area (Å²) in [5, 5.41) is 10.6. The van der Waals surface area contributed by atoms with Crippen LogP contribution in [0.25, 0.3) is 11.0 Å². The molecular formula is C15H16O4S. The Morgan fingerprint density at radius 3 is 3.05 bits per heavy atom. The van der Waals surface area contributed by atoms with Gasteiger partial charge in [-0.3, -0.25) is 0 Å². The molecule has 1 aromatic carbocycles. The fraction of sp³-hybridized carbons (Fsp3) is 0.400. The van der Waals surface area contributed by atoms with Gasteiger partial charge in [0, 0.05) is 23.9 Å². The lowest BCUT2D eigenvalue weighted by atomic mass is 10.1. The second kappa shape index (κ2) is 5.50. The van der Waals surface area contributed by atoms with E-state index in [4.69, 9.17) is 9.15 Å². The van der Waals surface area contributed by atoms with Gasteiger partial charge in [0.1, 0.15) is 16.8 Å². The molecule has 3 rings (SSSR count). The van der Waals surface area contributed by atoms with Crippen molar-refractivity contribution in [2.24, 2.45) is 0 Å². The first-order valence-electron chi connectivity index (χ1n) is 6.62. The number of rotatable bonds is 2. The molecule has 2 heterocycles. The number of hydrogen-bond donors (Lipinski definition) is 1. The molecular weight excluding hydrogens is 276 g/mol. The van der Waals surface area contributed by atoms with Crippen molar-refractivity contribution in [3.63, 3.8) is 0 Å². The maximum absolute atomic E-state index is 11.4. The second-order valence-corrected chi connectivity index (χ2v) is 6.27. The Morgan fingerprint density at radius 2 is 2.25 bits per heavy atom. The monoisotopic (exact) mass is 292 g/mol. The maximum atomic E-state index is 11.4. The zero-order chi connectivity index (χ0) is 14.1. The van der Waals surface area contributed by atoms with Crippen molar-refractivity contribution in [1.82, 2.24) is 0 Å².